The lowest BCUT2D eigenvalue weighted by atomic mass is 10.1. The van der Waals surface area contributed by atoms with E-state index in [1.54, 1.807) is 0 Å². The second-order valence-corrected chi connectivity index (χ2v) is 5.16. The molecular formula is C14H19F2NO2. The highest BCUT2D eigenvalue weighted by Gasteiger charge is 2.25. The van der Waals surface area contributed by atoms with E-state index in [1.165, 1.54) is 0 Å². The number of hydrogen-bond acceptors (Lipinski definition) is 3. The Kier molecular flexibility index (Phi) is 4.50. The minimum atomic E-state index is -1.03. The van der Waals surface area contributed by atoms with Gasteiger partial charge >= 0.3 is 0 Å². The van der Waals surface area contributed by atoms with E-state index in [9.17, 15) is 13.9 Å². The maximum Gasteiger partial charge on any atom is 0.129 e. The lowest BCUT2D eigenvalue weighted by Crippen LogP contribution is -2.46. The largest absolute Gasteiger partial charge is 0.387 e. The minimum Gasteiger partial charge on any atom is -0.387 e. The van der Waals surface area contributed by atoms with Gasteiger partial charge in [0.1, 0.15) is 11.6 Å². The van der Waals surface area contributed by atoms with Crippen LogP contribution < -0.4 is 0 Å². The summed E-state index contributed by atoms with van der Waals surface area (Å²) in [4.78, 5) is 2.01. The molecule has 3 unspecified atom stereocenters. The number of hydrogen-bond donors (Lipinski definition) is 1. The molecule has 1 fully saturated rings. The van der Waals surface area contributed by atoms with Crippen LogP contribution in [0.15, 0.2) is 18.2 Å². The van der Waals surface area contributed by atoms with E-state index in [2.05, 4.69) is 0 Å². The highest BCUT2D eigenvalue weighted by Crippen LogP contribution is 2.21. The molecule has 0 bridgehead atoms. The van der Waals surface area contributed by atoms with Crippen LogP contribution in [0, 0.1) is 11.6 Å². The van der Waals surface area contributed by atoms with E-state index in [0.717, 1.165) is 18.2 Å². The molecule has 106 valence electrons. The van der Waals surface area contributed by atoms with Crippen molar-refractivity contribution >= 4 is 0 Å². The summed E-state index contributed by atoms with van der Waals surface area (Å²) in [5, 5.41) is 10.1. The lowest BCUT2D eigenvalue weighted by Gasteiger charge is -2.36. The monoisotopic (exact) mass is 271 g/mol. The molecule has 0 saturated carbocycles. The summed E-state index contributed by atoms with van der Waals surface area (Å²) >= 11 is 0. The van der Waals surface area contributed by atoms with E-state index < -0.39 is 17.7 Å². The van der Waals surface area contributed by atoms with Gasteiger partial charge in [0.25, 0.3) is 0 Å². The zero-order chi connectivity index (χ0) is 14.0. The van der Waals surface area contributed by atoms with Crippen LogP contribution >= 0.6 is 0 Å². The van der Waals surface area contributed by atoms with Crippen molar-refractivity contribution in [2.24, 2.45) is 0 Å². The van der Waals surface area contributed by atoms with Gasteiger partial charge in [-0.15, -0.1) is 0 Å². The Bertz CT molecular complexity index is 431. The van der Waals surface area contributed by atoms with E-state index >= 15 is 0 Å². The molecule has 3 nitrogen and oxygen atoms in total. The van der Waals surface area contributed by atoms with Crippen molar-refractivity contribution in [1.29, 1.82) is 0 Å². The fourth-order valence-electron chi connectivity index (χ4n) is 2.55. The minimum absolute atomic E-state index is 0.00629. The molecule has 0 aromatic heterocycles. The van der Waals surface area contributed by atoms with E-state index in [4.69, 9.17) is 4.74 Å². The first kappa shape index (κ1) is 14.4. The van der Waals surface area contributed by atoms with Crippen LogP contribution in [0.5, 0.6) is 0 Å². The topological polar surface area (TPSA) is 32.7 Å². The SMILES string of the molecule is CC1CN(CC(O)c2cc(F)ccc2F)CC(C)O1. The summed E-state index contributed by atoms with van der Waals surface area (Å²) in [6.45, 7) is 5.55. The van der Waals surface area contributed by atoms with Gasteiger partial charge in [-0.3, -0.25) is 4.90 Å². The zero-order valence-electron chi connectivity index (χ0n) is 11.1. The van der Waals surface area contributed by atoms with Crippen molar-refractivity contribution in [2.45, 2.75) is 32.2 Å². The first-order valence-corrected chi connectivity index (χ1v) is 6.46. The molecule has 2 rings (SSSR count). The van der Waals surface area contributed by atoms with Crippen LogP contribution in [-0.2, 0) is 4.74 Å². The number of nitrogens with zero attached hydrogens (tertiary/aromatic N) is 1. The van der Waals surface area contributed by atoms with Gasteiger partial charge in [-0.25, -0.2) is 8.78 Å². The molecule has 1 N–H and O–H groups in total. The van der Waals surface area contributed by atoms with Crippen LogP contribution in [0.3, 0.4) is 0 Å². The average Bonchev–Trinajstić information content (AvgIpc) is 2.30. The molecule has 19 heavy (non-hydrogen) atoms. The summed E-state index contributed by atoms with van der Waals surface area (Å²) in [5.74, 6) is -1.12. The molecule has 5 heteroatoms. The standard InChI is InChI=1S/C14H19F2NO2/c1-9-6-17(7-10(2)19-9)8-14(18)12-5-11(15)3-4-13(12)16/h3-5,9-10,14,18H,6-8H2,1-2H3. The van der Waals surface area contributed by atoms with Crippen molar-refractivity contribution in [3.63, 3.8) is 0 Å². The Balaban J connectivity index is 2.04. The number of benzene rings is 1. The fraction of sp³-hybridized carbons (Fsp3) is 0.571. The van der Waals surface area contributed by atoms with Gasteiger partial charge < -0.3 is 9.84 Å². The van der Waals surface area contributed by atoms with Gasteiger partial charge in [-0.1, -0.05) is 0 Å². The van der Waals surface area contributed by atoms with E-state index in [0.29, 0.717) is 13.1 Å². The molecule has 0 aliphatic carbocycles. The van der Waals surface area contributed by atoms with E-state index in [-0.39, 0.29) is 24.3 Å². The smallest absolute Gasteiger partial charge is 0.129 e. The third-order valence-corrected chi connectivity index (χ3v) is 3.24. The highest BCUT2D eigenvalue weighted by molar-refractivity contribution is 5.21. The van der Waals surface area contributed by atoms with Crippen molar-refractivity contribution in [3.05, 3.63) is 35.4 Å². The number of rotatable bonds is 3. The molecule has 0 amide bonds. The van der Waals surface area contributed by atoms with Crippen LogP contribution in [0.2, 0.25) is 0 Å². The van der Waals surface area contributed by atoms with E-state index in [1.807, 2.05) is 18.7 Å². The van der Waals surface area contributed by atoms with Crippen molar-refractivity contribution < 1.29 is 18.6 Å². The number of β-amino-alcohol motifs (C(OH)–C–C–N with tert-alkyl or cyclic N) is 1. The predicted molar refractivity (Wildman–Crippen MR) is 67.8 cm³/mol. The second-order valence-electron chi connectivity index (χ2n) is 5.16. The molecule has 1 aliphatic rings. The quantitative estimate of drug-likeness (QED) is 0.914. The maximum absolute atomic E-state index is 13.6. The Morgan fingerprint density at radius 1 is 1.32 bits per heavy atom. The van der Waals surface area contributed by atoms with Gasteiger partial charge in [0, 0.05) is 25.2 Å². The number of halogens is 2. The Morgan fingerprint density at radius 2 is 1.95 bits per heavy atom. The molecule has 0 radical (unpaired) electrons. The fourth-order valence-corrected chi connectivity index (χ4v) is 2.55. The number of aliphatic hydroxyl groups is 1. The van der Waals surface area contributed by atoms with Crippen LogP contribution in [0.4, 0.5) is 8.78 Å². The molecule has 1 saturated heterocycles. The summed E-state index contributed by atoms with van der Waals surface area (Å²) in [5.41, 5.74) is 0.00629. The third-order valence-electron chi connectivity index (χ3n) is 3.24. The highest BCUT2D eigenvalue weighted by atomic mass is 19.1. The molecule has 1 heterocycles. The lowest BCUT2D eigenvalue weighted by molar-refractivity contribution is -0.0768. The maximum atomic E-state index is 13.6. The average molecular weight is 271 g/mol. The van der Waals surface area contributed by atoms with Gasteiger partial charge in [0.15, 0.2) is 0 Å². The number of ether oxygens (including phenoxy) is 1. The second kappa shape index (κ2) is 5.94. The first-order chi connectivity index (χ1) is 8.95. The van der Waals surface area contributed by atoms with Gasteiger partial charge in [0.2, 0.25) is 0 Å². The molecule has 1 aliphatic heterocycles. The van der Waals surface area contributed by atoms with Gasteiger partial charge in [-0.2, -0.15) is 0 Å². The molecule has 3 atom stereocenters. The van der Waals surface area contributed by atoms with Crippen molar-refractivity contribution in [1.82, 2.24) is 4.90 Å². The summed E-state index contributed by atoms with van der Waals surface area (Å²) in [6.07, 6.45) is -0.880. The predicted octanol–water partition coefficient (Wildman–Crippen LogP) is 2.11. The van der Waals surface area contributed by atoms with Gasteiger partial charge in [0.05, 0.1) is 18.3 Å². The summed E-state index contributed by atoms with van der Waals surface area (Å²) in [6, 6.07) is 3.14. The Morgan fingerprint density at radius 3 is 2.58 bits per heavy atom. The number of aliphatic hydroxyl groups excluding tert-OH is 1. The zero-order valence-corrected chi connectivity index (χ0v) is 11.1. The number of morpholine rings is 1. The van der Waals surface area contributed by atoms with Crippen LogP contribution in [0.1, 0.15) is 25.5 Å². The Hall–Kier alpha value is -1.04. The Labute approximate surface area is 111 Å². The summed E-state index contributed by atoms with van der Waals surface area (Å²) < 4.78 is 32.2. The van der Waals surface area contributed by atoms with Crippen LogP contribution in [-0.4, -0.2) is 41.8 Å². The van der Waals surface area contributed by atoms with Gasteiger partial charge in [-0.05, 0) is 32.0 Å². The van der Waals surface area contributed by atoms with Crippen LogP contribution in [0.25, 0.3) is 0 Å². The van der Waals surface area contributed by atoms with Crippen molar-refractivity contribution in [2.75, 3.05) is 19.6 Å². The third kappa shape index (κ3) is 3.72. The normalized spacial score (nSPS) is 26.4. The molecule has 1 aromatic carbocycles. The molecule has 0 spiro atoms. The summed E-state index contributed by atoms with van der Waals surface area (Å²) in [7, 11) is 0. The molecular weight excluding hydrogens is 252 g/mol. The first-order valence-electron chi connectivity index (χ1n) is 6.46. The molecule has 1 aromatic rings. The van der Waals surface area contributed by atoms with Crippen molar-refractivity contribution in [3.8, 4) is 0 Å².